The molecule has 5 rings (SSSR count). The Labute approximate surface area is 181 Å². The highest BCUT2D eigenvalue weighted by atomic mass is 16.3. The van der Waals surface area contributed by atoms with Crippen LogP contribution < -0.4 is 16.6 Å². The second-order valence-corrected chi connectivity index (χ2v) is 7.37. The van der Waals surface area contributed by atoms with Crippen LogP contribution in [0.2, 0.25) is 0 Å². The molecule has 32 heavy (non-hydrogen) atoms. The number of fused-ring (bicyclic) bond motifs is 2. The summed E-state index contributed by atoms with van der Waals surface area (Å²) in [5, 5.41) is 13.7. The highest BCUT2D eigenvalue weighted by molar-refractivity contribution is 5.83. The van der Waals surface area contributed by atoms with Crippen LogP contribution in [-0.4, -0.2) is 41.1 Å². The van der Waals surface area contributed by atoms with E-state index in [0.717, 1.165) is 5.56 Å². The molecule has 0 unspecified atom stereocenters. The summed E-state index contributed by atoms with van der Waals surface area (Å²) in [6.45, 7) is 2.31. The molecule has 3 aromatic heterocycles. The number of anilines is 2. The number of nitrogen functional groups attached to an aromatic ring is 1. The maximum absolute atomic E-state index is 13.5. The third kappa shape index (κ3) is 3.37. The van der Waals surface area contributed by atoms with E-state index in [1.165, 1.54) is 10.9 Å². The third-order valence-electron chi connectivity index (χ3n) is 5.21. The van der Waals surface area contributed by atoms with Crippen molar-refractivity contribution in [3.8, 4) is 11.4 Å². The maximum Gasteiger partial charge on any atom is 0.266 e. The summed E-state index contributed by atoms with van der Waals surface area (Å²) in [5.41, 5.74) is 8.73. The van der Waals surface area contributed by atoms with E-state index < -0.39 is 0 Å². The molecule has 0 saturated carbocycles. The van der Waals surface area contributed by atoms with Crippen LogP contribution in [0.4, 0.5) is 11.8 Å². The normalized spacial score (nSPS) is 11.3. The number of aromatic nitrogens is 6. The number of nitrogens with zero attached hydrogens (tertiary/aromatic N) is 5. The maximum atomic E-state index is 13.5. The first-order chi connectivity index (χ1) is 15.5. The molecule has 5 aromatic rings. The average molecular weight is 428 g/mol. The van der Waals surface area contributed by atoms with Crippen LogP contribution in [0.3, 0.4) is 0 Å². The van der Waals surface area contributed by atoms with Gasteiger partial charge in [0.05, 0.1) is 22.9 Å². The lowest BCUT2D eigenvalue weighted by atomic mass is 10.1. The molecule has 10 nitrogen and oxygen atoms in total. The van der Waals surface area contributed by atoms with Crippen molar-refractivity contribution in [3.05, 3.63) is 70.5 Å². The highest BCUT2D eigenvalue weighted by Gasteiger charge is 2.15. The van der Waals surface area contributed by atoms with E-state index in [-0.39, 0.29) is 17.3 Å². The lowest BCUT2D eigenvalue weighted by Crippen LogP contribution is -2.26. The molecule has 0 atom stereocenters. The minimum atomic E-state index is -0.184. The first-order valence-corrected chi connectivity index (χ1v) is 10.0. The largest absolute Gasteiger partial charge is 0.508 e. The Morgan fingerprint density at radius 1 is 1.16 bits per heavy atom. The number of nitrogens with two attached hydrogens (primary N) is 1. The zero-order chi connectivity index (χ0) is 22.2. The van der Waals surface area contributed by atoms with Gasteiger partial charge in [0.2, 0.25) is 5.95 Å². The molecule has 0 bridgehead atoms. The van der Waals surface area contributed by atoms with E-state index in [1.54, 1.807) is 24.3 Å². The summed E-state index contributed by atoms with van der Waals surface area (Å²) >= 11 is 0. The molecule has 0 fully saturated rings. The second kappa shape index (κ2) is 7.65. The zero-order valence-electron chi connectivity index (χ0n) is 17.2. The quantitative estimate of drug-likeness (QED) is 0.333. The smallest absolute Gasteiger partial charge is 0.266 e. The van der Waals surface area contributed by atoms with E-state index in [4.69, 9.17) is 10.7 Å². The Bertz CT molecular complexity index is 1520. The monoisotopic (exact) mass is 428 g/mol. The number of H-pyrrole nitrogens is 1. The van der Waals surface area contributed by atoms with E-state index in [0.29, 0.717) is 52.4 Å². The molecular weight excluding hydrogens is 408 g/mol. The zero-order valence-corrected chi connectivity index (χ0v) is 17.2. The van der Waals surface area contributed by atoms with Crippen molar-refractivity contribution in [3.63, 3.8) is 0 Å². The van der Waals surface area contributed by atoms with Crippen LogP contribution >= 0.6 is 0 Å². The molecule has 160 valence electrons. The Kier molecular flexibility index (Phi) is 4.66. The molecule has 0 aliphatic rings. The van der Waals surface area contributed by atoms with Crippen LogP contribution in [0.25, 0.3) is 27.8 Å². The van der Waals surface area contributed by atoms with Gasteiger partial charge in [-0.3, -0.25) is 9.36 Å². The molecule has 2 aromatic carbocycles. The SMILES string of the molecule is Cc1cccc2nc(CCNc3nc(N)nc4nc[nH]c34)n(-c3cccc(O)c3)c(=O)c12. The Balaban J connectivity index is 1.56. The minimum absolute atomic E-state index is 0.0708. The van der Waals surface area contributed by atoms with Gasteiger partial charge >= 0.3 is 0 Å². The number of hydrogen-bond donors (Lipinski definition) is 4. The molecule has 0 aliphatic heterocycles. The van der Waals surface area contributed by atoms with Crippen LogP contribution in [0.5, 0.6) is 5.75 Å². The number of phenols is 1. The minimum Gasteiger partial charge on any atom is -0.508 e. The Hall–Kier alpha value is -4.47. The van der Waals surface area contributed by atoms with Gasteiger partial charge in [0.25, 0.3) is 5.56 Å². The topological polar surface area (TPSA) is 148 Å². The summed E-state index contributed by atoms with van der Waals surface area (Å²) in [6, 6.07) is 12.2. The number of aromatic hydroxyl groups is 1. The first-order valence-electron chi connectivity index (χ1n) is 10.0. The highest BCUT2D eigenvalue weighted by Crippen LogP contribution is 2.20. The number of aryl methyl sites for hydroxylation is 1. The lowest BCUT2D eigenvalue weighted by Gasteiger charge is -2.15. The first kappa shape index (κ1) is 19.5. The van der Waals surface area contributed by atoms with Crippen LogP contribution in [0, 0.1) is 6.92 Å². The fraction of sp³-hybridized carbons (Fsp3) is 0.136. The van der Waals surface area contributed by atoms with Gasteiger partial charge in [0, 0.05) is 19.0 Å². The van der Waals surface area contributed by atoms with Gasteiger partial charge < -0.3 is 21.1 Å². The number of rotatable bonds is 5. The van der Waals surface area contributed by atoms with E-state index in [2.05, 4.69) is 25.3 Å². The average Bonchev–Trinajstić information content (AvgIpc) is 3.22. The molecule has 0 aliphatic carbocycles. The van der Waals surface area contributed by atoms with Crippen molar-refractivity contribution in [2.45, 2.75) is 13.3 Å². The van der Waals surface area contributed by atoms with Gasteiger partial charge in [-0.25, -0.2) is 9.97 Å². The van der Waals surface area contributed by atoms with Crippen molar-refractivity contribution in [1.29, 1.82) is 0 Å². The van der Waals surface area contributed by atoms with E-state index in [9.17, 15) is 9.90 Å². The number of phenolic OH excluding ortho intramolecular Hbond substituents is 1. The van der Waals surface area contributed by atoms with Crippen molar-refractivity contribution >= 4 is 33.8 Å². The van der Waals surface area contributed by atoms with Crippen LogP contribution in [-0.2, 0) is 6.42 Å². The Morgan fingerprint density at radius 3 is 2.84 bits per heavy atom. The third-order valence-corrected chi connectivity index (χ3v) is 5.21. The summed E-state index contributed by atoms with van der Waals surface area (Å²) in [4.78, 5) is 33.7. The van der Waals surface area contributed by atoms with Gasteiger partial charge in [-0.05, 0) is 30.7 Å². The molecule has 3 heterocycles. The molecule has 0 spiro atoms. The molecular formula is C22H20N8O2. The van der Waals surface area contributed by atoms with Gasteiger partial charge in [-0.15, -0.1) is 0 Å². The summed E-state index contributed by atoms with van der Waals surface area (Å²) in [5.74, 6) is 1.26. The predicted molar refractivity (Wildman–Crippen MR) is 122 cm³/mol. The Morgan fingerprint density at radius 2 is 2.00 bits per heavy atom. The van der Waals surface area contributed by atoms with Gasteiger partial charge in [-0.2, -0.15) is 9.97 Å². The van der Waals surface area contributed by atoms with E-state index >= 15 is 0 Å². The van der Waals surface area contributed by atoms with Crippen molar-refractivity contribution < 1.29 is 5.11 Å². The number of imidazole rings is 1. The summed E-state index contributed by atoms with van der Waals surface area (Å²) in [7, 11) is 0. The molecule has 5 N–H and O–H groups in total. The molecule has 0 amide bonds. The summed E-state index contributed by atoms with van der Waals surface area (Å²) in [6.07, 6.45) is 1.94. The number of aromatic amines is 1. The number of nitrogens with one attached hydrogen (secondary N) is 2. The number of benzene rings is 2. The standard InChI is InChI=1S/C22H20N8O2/c1-12-4-2-7-15-17(12)21(32)30(13-5-3-6-14(31)10-13)16(27-15)8-9-24-19-18-20(26-11-25-18)29-22(23)28-19/h2-7,10-11,31H,8-9H2,1H3,(H4,23,24,25,26,28,29). The molecule has 0 radical (unpaired) electrons. The second-order valence-electron chi connectivity index (χ2n) is 7.37. The predicted octanol–water partition coefficient (Wildman–Crippen LogP) is 2.30. The molecule has 10 heteroatoms. The van der Waals surface area contributed by atoms with Gasteiger partial charge in [-0.1, -0.05) is 18.2 Å². The van der Waals surface area contributed by atoms with Gasteiger partial charge in [0.1, 0.15) is 17.1 Å². The number of hydrogen-bond acceptors (Lipinski definition) is 8. The fourth-order valence-corrected chi connectivity index (χ4v) is 3.78. The van der Waals surface area contributed by atoms with Crippen molar-refractivity contribution in [2.75, 3.05) is 17.6 Å². The molecule has 0 saturated heterocycles. The van der Waals surface area contributed by atoms with Crippen LogP contribution in [0.1, 0.15) is 11.4 Å². The lowest BCUT2D eigenvalue weighted by molar-refractivity contribution is 0.475. The fourth-order valence-electron chi connectivity index (χ4n) is 3.78. The van der Waals surface area contributed by atoms with E-state index in [1.807, 2.05) is 25.1 Å². The van der Waals surface area contributed by atoms with Crippen molar-refractivity contribution in [2.24, 2.45) is 0 Å². The van der Waals surface area contributed by atoms with Crippen molar-refractivity contribution in [1.82, 2.24) is 29.5 Å². The van der Waals surface area contributed by atoms with Gasteiger partial charge in [0.15, 0.2) is 11.5 Å². The summed E-state index contributed by atoms with van der Waals surface area (Å²) < 4.78 is 1.54. The van der Waals surface area contributed by atoms with Crippen LogP contribution in [0.15, 0.2) is 53.6 Å².